The molecule has 0 saturated carbocycles. The standard InChI is InChI=1S/C17H22BrNO3/c1-5-21-17(20)16(11(2)3)22-15-8-6-7-14-13(15)9-12(4)19(14)10-18/h6-9,11,16H,5,10H2,1-4H3. The third-order valence-corrected chi connectivity index (χ3v) is 4.11. The first-order valence-corrected chi connectivity index (χ1v) is 8.59. The van der Waals surface area contributed by atoms with Gasteiger partial charge < -0.3 is 14.0 Å². The largest absolute Gasteiger partial charge is 0.478 e. The molecule has 1 aromatic carbocycles. The van der Waals surface area contributed by atoms with Crippen LogP contribution in [-0.2, 0) is 15.0 Å². The molecule has 0 saturated heterocycles. The summed E-state index contributed by atoms with van der Waals surface area (Å²) in [6.07, 6.45) is -0.599. The molecule has 22 heavy (non-hydrogen) atoms. The van der Waals surface area contributed by atoms with E-state index in [4.69, 9.17) is 9.47 Å². The Morgan fingerprint density at radius 2 is 2.09 bits per heavy atom. The van der Waals surface area contributed by atoms with Crippen LogP contribution in [0.1, 0.15) is 26.5 Å². The molecule has 1 unspecified atom stereocenters. The Labute approximate surface area is 139 Å². The van der Waals surface area contributed by atoms with Gasteiger partial charge in [0.2, 0.25) is 0 Å². The first kappa shape index (κ1) is 16.9. The molecule has 1 heterocycles. The molecule has 0 bridgehead atoms. The van der Waals surface area contributed by atoms with E-state index in [2.05, 4.69) is 33.5 Å². The van der Waals surface area contributed by atoms with Gasteiger partial charge in [0, 0.05) is 17.0 Å². The minimum atomic E-state index is -0.599. The van der Waals surface area contributed by atoms with Crippen molar-refractivity contribution in [2.45, 2.75) is 39.3 Å². The fourth-order valence-electron chi connectivity index (χ4n) is 2.47. The summed E-state index contributed by atoms with van der Waals surface area (Å²) in [5.41, 5.74) is 2.94. The Kier molecular flexibility index (Phi) is 5.51. The van der Waals surface area contributed by atoms with Gasteiger partial charge in [-0.1, -0.05) is 35.8 Å². The molecule has 5 heteroatoms. The molecular weight excluding hydrogens is 346 g/mol. The van der Waals surface area contributed by atoms with Gasteiger partial charge in [0.05, 0.1) is 17.6 Å². The smallest absolute Gasteiger partial charge is 0.347 e. The van der Waals surface area contributed by atoms with E-state index >= 15 is 0 Å². The quantitative estimate of drug-likeness (QED) is 0.565. The van der Waals surface area contributed by atoms with Crippen LogP contribution >= 0.6 is 15.9 Å². The number of fused-ring (bicyclic) bond motifs is 1. The van der Waals surface area contributed by atoms with Crippen molar-refractivity contribution in [3.8, 4) is 5.75 Å². The summed E-state index contributed by atoms with van der Waals surface area (Å²) in [5.74, 6) is 0.437. The molecule has 120 valence electrons. The van der Waals surface area contributed by atoms with E-state index in [-0.39, 0.29) is 11.9 Å². The summed E-state index contributed by atoms with van der Waals surface area (Å²) in [5, 5.41) is 1.01. The second-order valence-electron chi connectivity index (χ2n) is 5.56. The average molecular weight is 368 g/mol. The van der Waals surface area contributed by atoms with E-state index in [0.29, 0.717) is 12.4 Å². The molecule has 0 aliphatic heterocycles. The van der Waals surface area contributed by atoms with Crippen molar-refractivity contribution in [2.75, 3.05) is 6.61 Å². The Hall–Kier alpha value is -1.49. The van der Waals surface area contributed by atoms with Crippen molar-refractivity contribution in [1.29, 1.82) is 0 Å². The first-order valence-electron chi connectivity index (χ1n) is 7.47. The van der Waals surface area contributed by atoms with Crippen LogP contribution in [0.2, 0.25) is 0 Å². The van der Waals surface area contributed by atoms with Crippen molar-refractivity contribution in [2.24, 2.45) is 5.92 Å². The van der Waals surface area contributed by atoms with Gasteiger partial charge in [-0.2, -0.15) is 0 Å². The van der Waals surface area contributed by atoms with Crippen molar-refractivity contribution in [3.05, 3.63) is 30.0 Å². The molecule has 2 rings (SSSR count). The summed E-state index contributed by atoms with van der Waals surface area (Å²) in [6, 6.07) is 7.97. The van der Waals surface area contributed by atoms with Crippen LogP contribution in [0.5, 0.6) is 5.75 Å². The van der Waals surface area contributed by atoms with Crippen LogP contribution < -0.4 is 4.74 Å². The van der Waals surface area contributed by atoms with Gasteiger partial charge in [0.15, 0.2) is 6.10 Å². The average Bonchev–Trinajstić information content (AvgIpc) is 2.80. The van der Waals surface area contributed by atoms with Crippen LogP contribution in [0.3, 0.4) is 0 Å². The molecule has 0 aliphatic rings. The molecule has 1 atom stereocenters. The van der Waals surface area contributed by atoms with E-state index in [9.17, 15) is 4.79 Å². The zero-order chi connectivity index (χ0) is 16.3. The number of ether oxygens (including phenoxy) is 2. The minimum Gasteiger partial charge on any atom is -0.478 e. The van der Waals surface area contributed by atoms with Crippen LogP contribution in [0.15, 0.2) is 24.3 Å². The van der Waals surface area contributed by atoms with E-state index < -0.39 is 6.10 Å². The predicted molar refractivity (Wildman–Crippen MR) is 91.5 cm³/mol. The molecule has 2 aromatic rings. The van der Waals surface area contributed by atoms with Crippen LogP contribution in [0.25, 0.3) is 10.9 Å². The van der Waals surface area contributed by atoms with E-state index in [0.717, 1.165) is 22.1 Å². The fraction of sp³-hybridized carbons (Fsp3) is 0.471. The second-order valence-corrected chi connectivity index (χ2v) is 6.06. The molecule has 4 nitrogen and oxygen atoms in total. The van der Waals surface area contributed by atoms with Gasteiger partial charge in [-0.25, -0.2) is 4.79 Å². The van der Waals surface area contributed by atoms with Gasteiger partial charge in [0.1, 0.15) is 5.75 Å². The number of aromatic nitrogens is 1. The zero-order valence-electron chi connectivity index (χ0n) is 13.4. The molecular formula is C17H22BrNO3. The van der Waals surface area contributed by atoms with Crippen molar-refractivity contribution in [1.82, 2.24) is 4.57 Å². The second kappa shape index (κ2) is 7.18. The van der Waals surface area contributed by atoms with Gasteiger partial charge in [-0.3, -0.25) is 0 Å². The summed E-state index contributed by atoms with van der Waals surface area (Å²) in [4.78, 5) is 12.1. The molecule has 0 radical (unpaired) electrons. The summed E-state index contributed by atoms with van der Waals surface area (Å²) in [7, 11) is 0. The molecule has 0 aliphatic carbocycles. The number of hydrogen-bond acceptors (Lipinski definition) is 3. The highest BCUT2D eigenvalue weighted by atomic mass is 79.9. The lowest BCUT2D eigenvalue weighted by molar-refractivity contribution is -0.153. The minimum absolute atomic E-state index is 0.0358. The normalized spacial score (nSPS) is 12.6. The number of esters is 1. The number of rotatable bonds is 6. The summed E-state index contributed by atoms with van der Waals surface area (Å²) < 4.78 is 13.3. The lowest BCUT2D eigenvalue weighted by atomic mass is 10.1. The molecule has 0 amide bonds. The number of hydrogen-bond donors (Lipinski definition) is 0. The number of carbonyl (C=O) groups is 1. The Balaban J connectivity index is 2.39. The zero-order valence-corrected chi connectivity index (χ0v) is 15.0. The number of aryl methyl sites for hydroxylation is 1. The molecule has 0 fully saturated rings. The van der Waals surface area contributed by atoms with E-state index in [1.165, 1.54) is 0 Å². The van der Waals surface area contributed by atoms with Crippen molar-refractivity contribution >= 4 is 32.8 Å². The van der Waals surface area contributed by atoms with Crippen LogP contribution in [-0.4, -0.2) is 23.2 Å². The Bertz CT molecular complexity index is 663. The number of nitrogens with zero attached hydrogens (tertiary/aromatic N) is 1. The number of halogens is 1. The third kappa shape index (κ3) is 3.29. The summed E-state index contributed by atoms with van der Waals surface area (Å²) >= 11 is 3.50. The predicted octanol–water partition coefficient (Wildman–Crippen LogP) is 4.27. The number of carbonyl (C=O) groups excluding carboxylic acids is 1. The molecule has 1 aromatic heterocycles. The maximum absolute atomic E-state index is 12.1. The van der Waals surface area contributed by atoms with Crippen molar-refractivity contribution in [3.63, 3.8) is 0 Å². The van der Waals surface area contributed by atoms with Gasteiger partial charge in [-0.15, -0.1) is 0 Å². The third-order valence-electron chi connectivity index (χ3n) is 3.61. The van der Waals surface area contributed by atoms with Crippen LogP contribution in [0, 0.1) is 12.8 Å². The van der Waals surface area contributed by atoms with Crippen molar-refractivity contribution < 1.29 is 14.3 Å². The topological polar surface area (TPSA) is 40.5 Å². The van der Waals surface area contributed by atoms with E-state index in [1.54, 1.807) is 6.92 Å². The molecule has 0 spiro atoms. The Morgan fingerprint density at radius 3 is 2.68 bits per heavy atom. The SMILES string of the molecule is CCOC(=O)C(Oc1cccc2c1cc(C)n2CBr)C(C)C. The van der Waals surface area contributed by atoms with Crippen LogP contribution in [0.4, 0.5) is 0 Å². The van der Waals surface area contributed by atoms with Gasteiger partial charge in [-0.05, 0) is 32.0 Å². The fourth-order valence-corrected chi connectivity index (χ4v) is 3.13. The van der Waals surface area contributed by atoms with Gasteiger partial charge >= 0.3 is 5.97 Å². The number of benzene rings is 1. The molecule has 0 N–H and O–H groups in total. The highest BCUT2D eigenvalue weighted by Crippen LogP contribution is 2.31. The first-order chi connectivity index (χ1) is 10.5. The maximum Gasteiger partial charge on any atom is 0.347 e. The highest BCUT2D eigenvalue weighted by Gasteiger charge is 2.26. The lowest BCUT2D eigenvalue weighted by Gasteiger charge is -2.21. The number of alkyl halides is 1. The van der Waals surface area contributed by atoms with Gasteiger partial charge in [0.25, 0.3) is 0 Å². The lowest BCUT2D eigenvalue weighted by Crippen LogP contribution is -2.34. The maximum atomic E-state index is 12.1. The monoisotopic (exact) mass is 367 g/mol. The van der Waals surface area contributed by atoms with E-state index in [1.807, 2.05) is 32.0 Å². The summed E-state index contributed by atoms with van der Waals surface area (Å²) in [6.45, 7) is 8.12. The highest BCUT2D eigenvalue weighted by molar-refractivity contribution is 9.08. The Morgan fingerprint density at radius 1 is 1.36 bits per heavy atom.